The standard InChI is InChI=1S/C14H14O5/c1-3-9-5-10-8(2)4-14(17)19-12(10)6-11(9)18-7-13(15)16/h4-6H,3,7H2,1-2H3,(H,15,16)/p-1. The zero-order valence-corrected chi connectivity index (χ0v) is 10.7. The maximum Gasteiger partial charge on any atom is 0.336 e. The summed E-state index contributed by atoms with van der Waals surface area (Å²) in [6.07, 6.45) is 0.677. The smallest absolute Gasteiger partial charge is 0.336 e. The van der Waals surface area contributed by atoms with Crippen LogP contribution in [0.15, 0.2) is 27.4 Å². The molecule has 0 spiro atoms. The number of fused-ring (bicyclic) bond motifs is 1. The SMILES string of the molecule is CCc1cc2c(C)cc(=O)oc2cc1OCC(=O)[O-]. The molecule has 0 aliphatic carbocycles. The first-order valence-electron chi connectivity index (χ1n) is 5.91. The second-order valence-electron chi connectivity index (χ2n) is 4.22. The van der Waals surface area contributed by atoms with Crippen LogP contribution in [0, 0.1) is 6.92 Å². The molecule has 19 heavy (non-hydrogen) atoms. The lowest BCUT2D eigenvalue weighted by Crippen LogP contribution is -2.29. The fraction of sp³-hybridized carbons (Fsp3) is 0.286. The molecule has 0 aliphatic heterocycles. The number of aryl methyl sites for hydroxylation is 2. The minimum atomic E-state index is -1.30. The van der Waals surface area contributed by atoms with Crippen molar-refractivity contribution in [3.05, 3.63) is 39.7 Å². The highest BCUT2D eigenvalue weighted by Crippen LogP contribution is 2.27. The van der Waals surface area contributed by atoms with Crippen LogP contribution in [0.2, 0.25) is 0 Å². The Balaban J connectivity index is 2.57. The average Bonchev–Trinajstić information content (AvgIpc) is 2.35. The number of benzene rings is 1. The van der Waals surface area contributed by atoms with Crippen molar-refractivity contribution in [3.8, 4) is 5.75 Å². The van der Waals surface area contributed by atoms with Gasteiger partial charge in [-0.3, -0.25) is 0 Å². The van der Waals surface area contributed by atoms with Crippen LogP contribution in [0.25, 0.3) is 11.0 Å². The predicted molar refractivity (Wildman–Crippen MR) is 67.1 cm³/mol. The molecule has 0 amide bonds. The van der Waals surface area contributed by atoms with Crippen LogP contribution in [0.1, 0.15) is 18.1 Å². The lowest BCUT2D eigenvalue weighted by atomic mass is 10.1. The second-order valence-corrected chi connectivity index (χ2v) is 4.22. The van der Waals surface area contributed by atoms with Gasteiger partial charge in [-0.05, 0) is 30.5 Å². The predicted octanol–water partition coefficient (Wildman–Crippen LogP) is 0.793. The third-order valence-electron chi connectivity index (χ3n) is 2.86. The quantitative estimate of drug-likeness (QED) is 0.760. The highest BCUT2D eigenvalue weighted by Gasteiger charge is 2.09. The average molecular weight is 261 g/mol. The summed E-state index contributed by atoms with van der Waals surface area (Å²) >= 11 is 0. The van der Waals surface area contributed by atoms with E-state index in [4.69, 9.17) is 9.15 Å². The van der Waals surface area contributed by atoms with E-state index in [1.54, 1.807) is 6.07 Å². The number of carbonyl (C=O) groups is 1. The van der Waals surface area contributed by atoms with Gasteiger partial charge in [-0.1, -0.05) is 6.92 Å². The molecule has 5 nitrogen and oxygen atoms in total. The number of carboxylic acid groups (broad SMARTS) is 1. The second kappa shape index (κ2) is 5.14. The molecule has 2 aromatic rings. The van der Waals surface area contributed by atoms with Gasteiger partial charge in [-0.2, -0.15) is 0 Å². The van der Waals surface area contributed by atoms with Gasteiger partial charge in [0.25, 0.3) is 0 Å². The van der Waals surface area contributed by atoms with Crippen molar-refractivity contribution < 1.29 is 19.1 Å². The summed E-state index contributed by atoms with van der Waals surface area (Å²) in [4.78, 5) is 21.8. The molecule has 0 radical (unpaired) electrons. The minimum absolute atomic E-state index is 0.385. The molecule has 1 aromatic carbocycles. The lowest BCUT2D eigenvalue weighted by Gasteiger charge is -2.12. The van der Waals surface area contributed by atoms with Crippen molar-refractivity contribution >= 4 is 16.9 Å². The Morgan fingerprint density at radius 2 is 2.11 bits per heavy atom. The highest BCUT2D eigenvalue weighted by molar-refractivity contribution is 5.82. The molecule has 0 unspecified atom stereocenters. The Morgan fingerprint density at radius 3 is 2.74 bits per heavy atom. The third kappa shape index (κ3) is 2.76. The minimum Gasteiger partial charge on any atom is -0.546 e. The summed E-state index contributed by atoms with van der Waals surface area (Å²) in [5, 5.41) is 11.3. The van der Waals surface area contributed by atoms with Gasteiger partial charge in [0.1, 0.15) is 17.9 Å². The molecular weight excluding hydrogens is 248 g/mol. The van der Waals surface area contributed by atoms with Crippen molar-refractivity contribution in [1.82, 2.24) is 0 Å². The molecule has 0 bridgehead atoms. The number of rotatable bonds is 4. The van der Waals surface area contributed by atoms with Gasteiger partial charge in [-0.25, -0.2) is 4.79 Å². The molecular formula is C14H13O5-. The first-order chi connectivity index (χ1) is 9.01. The van der Waals surface area contributed by atoms with Crippen LogP contribution in [0.4, 0.5) is 0 Å². The van der Waals surface area contributed by atoms with E-state index in [1.165, 1.54) is 6.07 Å². The first-order valence-corrected chi connectivity index (χ1v) is 5.91. The van der Waals surface area contributed by atoms with Gasteiger partial charge >= 0.3 is 5.63 Å². The van der Waals surface area contributed by atoms with Crippen LogP contribution < -0.4 is 15.5 Å². The van der Waals surface area contributed by atoms with Crippen molar-refractivity contribution in [3.63, 3.8) is 0 Å². The van der Waals surface area contributed by atoms with E-state index in [2.05, 4.69) is 0 Å². The van der Waals surface area contributed by atoms with Crippen molar-refractivity contribution in [2.45, 2.75) is 20.3 Å². The van der Waals surface area contributed by atoms with Crippen LogP contribution in [0.5, 0.6) is 5.75 Å². The van der Waals surface area contributed by atoms with E-state index in [0.29, 0.717) is 17.8 Å². The number of carboxylic acids is 1. The van der Waals surface area contributed by atoms with E-state index < -0.39 is 18.2 Å². The fourth-order valence-corrected chi connectivity index (χ4v) is 1.94. The van der Waals surface area contributed by atoms with Gasteiger partial charge in [0, 0.05) is 17.5 Å². The van der Waals surface area contributed by atoms with Crippen LogP contribution in [-0.2, 0) is 11.2 Å². The summed E-state index contributed by atoms with van der Waals surface area (Å²) < 4.78 is 10.2. The van der Waals surface area contributed by atoms with Crippen LogP contribution >= 0.6 is 0 Å². The molecule has 0 aliphatic rings. The number of hydrogen-bond donors (Lipinski definition) is 0. The summed E-state index contributed by atoms with van der Waals surface area (Å²) in [5.41, 5.74) is 1.61. The van der Waals surface area contributed by atoms with Gasteiger partial charge < -0.3 is 19.1 Å². The Labute approximate surface area is 109 Å². The van der Waals surface area contributed by atoms with Gasteiger partial charge in [0.15, 0.2) is 0 Å². The van der Waals surface area contributed by atoms with Crippen LogP contribution in [-0.4, -0.2) is 12.6 Å². The van der Waals surface area contributed by atoms with Crippen molar-refractivity contribution in [2.75, 3.05) is 6.61 Å². The molecule has 100 valence electrons. The molecule has 5 heteroatoms. The normalized spacial score (nSPS) is 10.6. The third-order valence-corrected chi connectivity index (χ3v) is 2.86. The Kier molecular flexibility index (Phi) is 3.55. The van der Waals surface area contributed by atoms with Gasteiger partial charge in [-0.15, -0.1) is 0 Å². The Hall–Kier alpha value is -2.30. The van der Waals surface area contributed by atoms with E-state index in [0.717, 1.165) is 16.5 Å². The van der Waals surface area contributed by atoms with Gasteiger partial charge in [0.05, 0.1) is 5.97 Å². The first kappa shape index (κ1) is 13.1. The van der Waals surface area contributed by atoms with Crippen LogP contribution in [0.3, 0.4) is 0 Å². The molecule has 2 rings (SSSR count). The molecule has 0 N–H and O–H groups in total. The van der Waals surface area contributed by atoms with Gasteiger partial charge in [0.2, 0.25) is 0 Å². The Morgan fingerprint density at radius 1 is 1.37 bits per heavy atom. The van der Waals surface area contributed by atoms with E-state index in [-0.39, 0.29) is 0 Å². The topological polar surface area (TPSA) is 79.6 Å². The monoisotopic (exact) mass is 261 g/mol. The molecule has 0 saturated heterocycles. The van der Waals surface area contributed by atoms with E-state index in [1.807, 2.05) is 19.9 Å². The number of ether oxygens (including phenoxy) is 1. The largest absolute Gasteiger partial charge is 0.546 e. The number of carbonyl (C=O) groups excluding carboxylic acids is 1. The zero-order valence-electron chi connectivity index (χ0n) is 10.7. The lowest BCUT2D eigenvalue weighted by molar-refractivity contribution is -0.307. The van der Waals surface area contributed by atoms with E-state index >= 15 is 0 Å². The van der Waals surface area contributed by atoms with Crippen molar-refractivity contribution in [1.29, 1.82) is 0 Å². The fourth-order valence-electron chi connectivity index (χ4n) is 1.94. The molecule has 1 aromatic heterocycles. The van der Waals surface area contributed by atoms with Crippen molar-refractivity contribution in [2.24, 2.45) is 0 Å². The summed E-state index contributed by atoms with van der Waals surface area (Å²) in [6.45, 7) is 3.22. The number of hydrogen-bond acceptors (Lipinski definition) is 5. The Bertz CT molecular complexity index is 684. The summed E-state index contributed by atoms with van der Waals surface area (Å²) in [7, 11) is 0. The maximum absolute atomic E-state index is 11.3. The number of aliphatic carboxylic acids is 1. The zero-order chi connectivity index (χ0) is 14.0. The summed E-state index contributed by atoms with van der Waals surface area (Å²) in [5.74, 6) is -0.902. The maximum atomic E-state index is 11.3. The molecule has 0 saturated carbocycles. The molecule has 0 atom stereocenters. The molecule has 0 fully saturated rings. The molecule has 1 heterocycles. The van der Waals surface area contributed by atoms with E-state index in [9.17, 15) is 14.7 Å². The highest BCUT2D eigenvalue weighted by atomic mass is 16.5. The summed E-state index contributed by atoms with van der Waals surface area (Å²) in [6, 6.07) is 4.81.